The average molecular weight is 757 g/mol. The lowest BCUT2D eigenvalue weighted by atomic mass is 10.2. The van der Waals surface area contributed by atoms with Gasteiger partial charge in [-0.2, -0.15) is 0 Å². The maximum atomic E-state index is 6.82. The van der Waals surface area contributed by atoms with Crippen LogP contribution in [0.5, 0.6) is 11.5 Å². The fourth-order valence-corrected chi connectivity index (χ4v) is 5.10. The third-order valence-electron chi connectivity index (χ3n) is 6.27. The van der Waals surface area contributed by atoms with Crippen LogP contribution in [0.1, 0.15) is 41.7 Å². The van der Waals surface area contributed by atoms with E-state index in [9.17, 15) is 0 Å². The molecule has 2 aromatic carbocycles. The van der Waals surface area contributed by atoms with Crippen molar-refractivity contribution in [2.24, 2.45) is 0 Å². The summed E-state index contributed by atoms with van der Waals surface area (Å²) in [4.78, 5) is 6.51. The fourth-order valence-electron chi connectivity index (χ4n) is 4.27. The Morgan fingerprint density at radius 3 is 1.40 bits per heavy atom. The summed E-state index contributed by atoms with van der Waals surface area (Å²) in [7, 11) is 0. The molecule has 18 heteroatoms. The number of nitrogens with two attached hydrogens (primary N) is 4. The number of aromatic amines is 2. The van der Waals surface area contributed by atoms with E-state index in [1.54, 1.807) is 36.4 Å². The normalized spacial score (nSPS) is 11.1. The van der Waals surface area contributed by atoms with Crippen molar-refractivity contribution < 1.29 is 29.6 Å². The van der Waals surface area contributed by atoms with E-state index in [0.717, 1.165) is 37.6 Å². The molecule has 256 valence electrons. The van der Waals surface area contributed by atoms with E-state index in [1.165, 1.54) is 0 Å². The van der Waals surface area contributed by atoms with Crippen molar-refractivity contribution >= 4 is 95.6 Å². The number of ether oxygens (including phenoxy) is 2. The third-order valence-corrected chi connectivity index (χ3v) is 7.04. The van der Waals surface area contributed by atoms with Gasteiger partial charge >= 0.3 is 0 Å². The second-order valence-corrected chi connectivity index (χ2v) is 10.3. The summed E-state index contributed by atoms with van der Waals surface area (Å²) in [6.45, 7) is 2.42. The maximum Gasteiger partial charge on any atom is 0.272 e. The van der Waals surface area contributed by atoms with Gasteiger partial charge in [0.1, 0.15) is 47.0 Å². The van der Waals surface area contributed by atoms with Crippen LogP contribution in [0.25, 0.3) is 0 Å². The zero-order chi connectivity index (χ0) is 27.8. The number of H-pyrrole nitrogens is 2. The molecule has 12 nitrogen and oxygen atoms in total. The minimum atomic E-state index is -0.320. The summed E-state index contributed by atoms with van der Waals surface area (Å²) in [5.74, 6) is 2.96. The number of nitrogen functional groups attached to an aromatic ring is 4. The Kier molecular flexibility index (Phi) is 23.6. The first kappa shape index (κ1) is 46.7. The molecule has 0 aliphatic heterocycles. The van der Waals surface area contributed by atoms with Gasteiger partial charge in [-0.25, -0.2) is 19.1 Å². The van der Waals surface area contributed by atoms with Gasteiger partial charge in [-0.3, -0.25) is 0 Å². The van der Waals surface area contributed by atoms with Gasteiger partial charge in [0.2, 0.25) is 0 Å². The maximum absolute atomic E-state index is 6.82. The zero-order valence-corrected chi connectivity index (χ0v) is 29.1. The largest absolute Gasteiger partial charge is 0.491 e. The highest BCUT2D eigenvalue weighted by molar-refractivity contribution is 6.23. The number of rotatable bonds is 14. The summed E-state index contributed by atoms with van der Waals surface area (Å²) in [5, 5.41) is -0.640. The number of hydrogen-bond donors (Lipinski definition) is 6. The van der Waals surface area contributed by atoms with E-state index >= 15 is 0 Å². The highest BCUT2D eigenvalue weighted by atomic mass is 35.5. The Morgan fingerprint density at radius 1 is 0.644 bits per heavy atom. The van der Waals surface area contributed by atoms with E-state index in [-0.39, 0.29) is 71.3 Å². The summed E-state index contributed by atoms with van der Waals surface area (Å²) >= 11 is 13.6. The highest BCUT2D eigenvalue weighted by Crippen LogP contribution is 2.32. The van der Waals surface area contributed by atoms with Gasteiger partial charge in [0.05, 0.1) is 37.7 Å². The molecule has 0 aliphatic rings. The van der Waals surface area contributed by atoms with E-state index < -0.39 is 0 Å². The van der Waals surface area contributed by atoms with Crippen molar-refractivity contribution in [3.05, 3.63) is 72.8 Å². The number of hydrogen-bond acceptors (Lipinski definition) is 6. The zero-order valence-electron chi connectivity index (χ0n) is 24.3. The third kappa shape index (κ3) is 13.3. The number of nitrogens with one attached hydrogen (secondary N) is 2. The van der Waals surface area contributed by atoms with Crippen molar-refractivity contribution in [2.45, 2.75) is 43.1 Å². The fraction of sp³-hybridized carbons (Fsp3) is 0.333. The molecule has 2 aromatic heterocycles. The topological polar surface area (TPSA) is 225 Å². The van der Waals surface area contributed by atoms with Crippen LogP contribution in [0.15, 0.2) is 61.2 Å². The predicted octanol–water partition coefficient (Wildman–Crippen LogP) is 3.87. The highest BCUT2D eigenvalue weighted by Gasteiger charge is 2.29. The molecule has 14 N–H and O–H groups in total. The first-order valence-electron chi connectivity index (χ1n) is 12.8. The molecular weight excluding hydrogens is 713 g/mol. The molecule has 2 unspecified atom stereocenters. The second kappa shape index (κ2) is 22.8. The van der Waals surface area contributed by atoms with Crippen LogP contribution in [-0.4, -0.2) is 34.1 Å². The van der Waals surface area contributed by atoms with Gasteiger partial charge in [0.25, 0.3) is 11.6 Å². The Balaban J connectivity index is -0.00000294. The number of anilines is 4. The smallest absolute Gasteiger partial charge is 0.272 e. The minimum absolute atomic E-state index is 0. The molecule has 0 bridgehead atoms. The molecule has 4 rings (SSSR count). The van der Waals surface area contributed by atoms with Gasteiger partial charge < -0.3 is 43.4 Å². The molecule has 2 heterocycles. The quantitative estimate of drug-likeness (QED) is 0.0484. The average Bonchev–Trinajstić information content (AvgIpc) is 3.58. The van der Waals surface area contributed by atoms with Gasteiger partial charge in [-0.05, 0) is 24.3 Å². The number of nitrogens with zero attached hydrogens (tertiary/aromatic N) is 2. The summed E-state index contributed by atoms with van der Waals surface area (Å²) in [5.41, 5.74) is 25.9. The minimum Gasteiger partial charge on any atom is -0.491 e. The van der Waals surface area contributed by atoms with E-state index in [0.29, 0.717) is 53.9 Å². The van der Waals surface area contributed by atoms with Crippen LogP contribution in [0.3, 0.4) is 0 Å². The Bertz CT molecular complexity index is 1280. The van der Waals surface area contributed by atoms with Crippen LogP contribution in [0.2, 0.25) is 0 Å². The number of imidazole rings is 2. The first-order chi connectivity index (χ1) is 18.8. The van der Waals surface area contributed by atoms with E-state index in [1.807, 2.05) is 24.8 Å². The molecule has 0 radical (unpaired) electrons. The molecule has 2 atom stereocenters. The first-order valence-corrected chi connectivity index (χ1v) is 13.7. The lowest BCUT2D eigenvalue weighted by molar-refractivity contribution is -0.705. The summed E-state index contributed by atoms with van der Waals surface area (Å²) in [6.07, 6.45) is 9.71. The van der Waals surface area contributed by atoms with Crippen LogP contribution >= 0.6 is 72.8 Å². The van der Waals surface area contributed by atoms with E-state index in [2.05, 4.69) is 19.1 Å². The lowest BCUT2D eigenvalue weighted by Gasteiger charge is -2.12. The van der Waals surface area contributed by atoms with Gasteiger partial charge in [0.15, 0.2) is 0 Å². The molecule has 0 amide bonds. The standard InChI is InChI=1S/C27H34Cl2N8O2.4ClH.2H2O/c28-20(26-34-7-11-36(26)9-1-13-38-24-15-18(30)3-5-22(24)32)17-21(29)27-35-8-12-37(27)10-2-14-39-25-16-19(31)4-6-23(25)33;;;;;;/h3-8,11-12,15-16,20-21H,1-2,9-10,13-14,17,30-33H2;4*1H;2*1H2/p+2. The Morgan fingerprint density at radius 2 is 1.02 bits per heavy atom. The second-order valence-electron chi connectivity index (χ2n) is 9.25. The predicted molar refractivity (Wildman–Crippen MR) is 191 cm³/mol. The number of benzene rings is 2. The van der Waals surface area contributed by atoms with Crippen molar-refractivity contribution in [3.63, 3.8) is 0 Å². The molecular formula is C27H44Cl6N8O4+2. The van der Waals surface area contributed by atoms with Crippen molar-refractivity contribution in [3.8, 4) is 11.5 Å². The molecule has 0 saturated carbocycles. The summed E-state index contributed by atoms with van der Waals surface area (Å²) in [6, 6.07) is 10.4. The van der Waals surface area contributed by atoms with Crippen molar-refractivity contribution in [1.29, 1.82) is 0 Å². The van der Waals surface area contributed by atoms with Crippen molar-refractivity contribution in [2.75, 3.05) is 36.1 Å². The monoisotopic (exact) mass is 754 g/mol. The van der Waals surface area contributed by atoms with Gasteiger partial charge in [0, 0.05) is 42.8 Å². The lowest BCUT2D eigenvalue weighted by Crippen LogP contribution is -2.39. The molecule has 0 aliphatic carbocycles. The van der Waals surface area contributed by atoms with Crippen LogP contribution < -0.4 is 41.5 Å². The Hall–Kier alpha value is -2.68. The molecule has 0 fully saturated rings. The van der Waals surface area contributed by atoms with Gasteiger partial charge in [-0.1, -0.05) is 0 Å². The molecule has 0 saturated heterocycles. The van der Waals surface area contributed by atoms with Gasteiger partial charge in [-0.15, -0.1) is 72.8 Å². The number of aromatic nitrogens is 4. The van der Waals surface area contributed by atoms with Crippen molar-refractivity contribution in [1.82, 2.24) is 9.97 Å². The van der Waals surface area contributed by atoms with Crippen LogP contribution in [0, 0.1) is 0 Å². The number of halogens is 6. The molecule has 4 aromatic rings. The SMILES string of the molecule is Cl.Cl.Cl.Cl.Nc1ccc(N)c(OCCC[n+]2cc[nH]c2C(Cl)CC(Cl)c2[nH]cc[n+]2CCCOc2cc(N)ccc2N)c1.O.O. The molecule has 45 heavy (non-hydrogen) atoms. The number of aryl methyl sites for hydroxylation is 2. The van der Waals surface area contributed by atoms with Crippen LogP contribution in [0.4, 0.5) is 22.7 Å². The number of alkyl halides is 2. The Labute approximate surface area is 297 Å². The molecule has 0 spiro atoms. The van der Waals surface area contributed by atoms with E-state index in [4.69, 9.17) is 55.6 Å². The van der Waals surface area contributed by atoms with Crippen LogP contribution in [-0.2, 0) is 13.1 Å². The summed E-state index contributed by atoms with van der Waals surface area (Å²) < 4.78 is 15.8.